The minimum atomic E-state index is -0.329. The molecule has 2 aromatic carbocycles. The average Bonchev–Trinajstić information content (AvgIpc) is 2.98. The summed E-state index contributed by atoms with van der Waals surface area (Å²) in [7, 11) is 0. The first-order valence-corrected chi connectivity index (χ1v) is 7.83. The van der Waals surface area contributed by atoms with Gasteiger partial charge in [0.15, 0.2) is 5.78 Å². The number of hydrogen-bond acceptors (Lipinski definition) is 3. The second kappa shape index (κ2) is 6.24. The van der Waals surface area contributed by atoms with Crippen molar-refractivity contribution in [2.45, 2.75) is 26.3 Å². The summed E-state index contributed by atoms with van der Waals surface area (Å²) in [4.78, 5) is 25.8. The number of nitrogens with one attached hydrogen (secondary N) is 1. The molecule has 0 saturated carbocycles. The predicted molar refractivity (Wildman–Crippen MR) is 92.0 cm³/mol. The van der Waals surface area contributed by atoms with Gasteiger partial charge in [-0.15, -0.1) is 0 Å². The highest BCUT2D eigenvalue weighted by Gasteiger charge is 2.27. The molecule has 1 heterocycles. The first-order valence-electron chi connectivity index (χ1n) is 7.83. The van der Waals surface area contributed by atoms with Gasteiger partial charge in [0.1, 0.15) is 6.04 Å². The van der Waals surface area contributed by atoms with Gasteiger partial charge in [-0.3, -0.25) is 9.59 Å². The lowest BCUT2D eigenvalue weighted by Gasteiger charge is -2.23. The Hall–Kier alpha value is -2.62. The number of nitrogens with zero attached hydrogens (tertiary/aromatic N) is 1. The molecule has 3 rings (SSSR count). The summed E-state index contributed by atoms with van der Waals surface area (Å²) in [5, 5.41) is 3.21. The Morgan fingerprint density at radius 2 is 1.78 bits per heavy atom. The highest BCUT2D eigenvalue weighted by molar-refractivity contribution is 6.00. The Kier molecular flexibility index (Phi) is 4.15. The molecule has 0 aromatic heterocycles. The minimum Gasteiger partial charge on any atom is -0.374 e. The number of ketones is 1. The van der Waals surface area contributed by atoms with E-state index >= 15 is 0 Å². The van der Waals surface area contributed by atoms with Gasteiger partial charge in [0.05, 0.1) is 0 Å². The third-order valence-electron chi connectivity index (χ3n) is 4.20. The molecule has 118 valence electrons. The number of Topliss-reactive ketones (excluding diaryl/α,β-unsaturated/α-hetero) is 1. The number of para-hydroxylation sites is 1. The lowest BCUT2D eigenvalue weighted by Crippen LogP contribution is -2.40. The SMILES string of the molecule is CC(=O)c1ccc(NC(C)C(=O)N2CCc3ccccc32)cc1. The van der Waals surface area contributed by atoms with Crippen molar-refractivity contribution in [2.75, 3.05) is 16.8 Å². The fraction of sp³-hybridized carbons (Fsp3) is 0.263. The Morgan fingerprint density at radius 1 is 1.09 bits per heavy atom. The van der Waals surface area contributed by atoms with Gasteiger partial charge in [-0.2, -0.15) is 0 Å². The van der Waals surface area contributed by atoms with E-state index in [9.17, 15) is 9.59 Å². The number of hydrogen-bond donors (Lipinski definition) is 1. The molecule has 4 heteroatoms. The third-order valence-corrected chi connectivity index (χ3v) is 4.20. The van der Waals surface area contributed by atoms with Gasteiger partial charge < -0.3 is 10.2 Å². The molecule has 1 aliphatic heterocycles. The Bertz CT molecular complexity index is 737. The fourth-order valence-electron chi connectivity index (χ4n) is 2.91. The molecule has 1 aliphatic rings. The molecule has 1 N–H and O–H groups in total. The molecular formula is C19H20N2O2. The van der Waals surface area contributed by atoms with E-state index in [0.717, 1.165) is 24.3 Å². The van der Waals surface area contributed by atoms with Crippen LogP contribution in [-0.4, -0.2) is 24.3 Å². The zero-order chi connectivity index (χ0) is 16.4. The van der Waals surface area contributed by atoms with E-state index in [1.807, 2.05) is 42.2 Å². The van der Waals surface area contributed by atoms with Gasteiger partial charge in [0, 0.05) is 23.5 Å². The lowest BCUT2D eigenvalue weighted by atomic mass is 10.1. The van der Waals surface area contributed by atoms with Crippen molar-refractivity contribution in [3.8, 4) is 0 Å². The molecular weight excluding hydrogens is 288 g/mol. The Morgan fingerprint density at radius 3 is 2.48 bits per heavy atom. The minimum absolute atomic E-state index is 0.0364. The van der Waals surface area contributed by atoms with Crippen LogP contribution in [0.15, 0.2) is 48.5 Å². The summed E-state index contributed by atoms with van der Waals surface area (Å²) in [6.07, 6.45) is 0.905. The van der Waals surface area contributed by atoms with E-state index in [-0.39, 0.29) is 17.7 Å². The quantitative estimate of drug-likeness (QED) is 0.882. The topological polar surface area (TPSA) is 49.4 Å². The van der Waals surface area contributed by atoms with Crippen molar-refractivity contribution in [1.29, 1.82) is 0 Å². The van der Waals surface area contributed by atoms with Gasteiger partial charge in [0.25, 0.3) is 0 Å². The number of fused-ring (bicyclic) bond motifs is 1. The second-order valence-corrected chi connectivity index (χ2v) is 5.87. The summed E-state index contributed by atoms with van der Waals surface area (Å²) in [5.41, 5.74) is 3.74. The molecule has 0 fully saturated rings. The van der Waals surface area contributed by atoms with Crippen molar-refractivity contribution < 1.29 is 9.59 Å². The van der Waals surface area contributed by atoms with Gasteiger partial charge in [0.2, 0.25) is 5.91 Å². The van der Waals surface area contributed by atoms with Gasteiger partial charge >= 0.3 is 0 Å². The van der Waals surface area contributed by atoms with Crippen LogP contribution in [0.3, 0.4) is 0 Å². The molecule has 23 heavy (non-hydrogen) atoms. The van der Waals surface area contributed by atoms with Gasteiger partial charge in [-0.05, 0) is 56.2 Å². The Labute approximate surface area is 136 Å². The first kappa shape index (κ1) is 15.3. The number of rotatable bonds is 4. The molecule has 0 spiro atoms. The van der Waals surface area contributed by atoms with E-state index in [1.54, 1.807) is 19.1 Å². The summed E-state index contributed by atoms with van der Waals surface area (Å²) in [6, 6.07) is 14.9. The molecule has 2 aromatic rings. The predicted octanol–water partition coefficient (Wildman–Crippen LogP) is 3.28. The van der Waals surface area contributed by atoms with Crippen molar-refractivity contribution in [2.24, 2.45) is 0 Å². The molecule has 1 amide bonds. The maximum absolute atomic E-state index is 12.7. The zero-order valence-electron chi connectivity index (χ0n) is 13.4. The number of benzene rings is 2. The zero-order valence-corrected chi connectivity index (χ0v) is 13.4. The van der Waals surface area contributed by atoms with Gasteiger partial charge in [-0.1, -0.05) is 18.2 Å². The molecule has 0 radical (unpaired) electrons. The van der Waals surface area contributed by atoms with E-state index in [1.165, 1.54) is 5.56 Å². The fourth-order valence-corrected chi connectivity index (χ4v) is 2.91. The van der Waals surface area contributed by atoms with Crippen LogP contribution in [0.2, 0.25) is 0 Å². The highest BCUT2D eigenvalue weighted by Crippen LogP contribution is 2.28. The largest absolute Gasteiger partial charge is 0.374 e. The number of amides is 1. The summed E-state index contributed by atoms with van der Waals surface area (Å²) in [6.45, 7) is 4.13. The van der Waals surface area contributed by atoms with Crippen LogP contribution in [0.5, 0.6) is 0 Å². The van der Waals surface area contributed by atoms with Crippen LogP contribution >= 0.6 is 0 Å². The molecule has 0 saturated heterocycles. The smallest absolute Gasteiger partial charge is 0.249 e. The maximum Gasteiger partial charge on any atom is 0.249 e. The summed E-state index contributed by atoms with van der Waals surface area (Å²) >= 11 is 0. The molecule has 1 unspecified atom stereocenters. The maximum atomic E-state index is 12.7. The summed E-state index contributed by atoms with van der Waals surface area (Å²) < 4.78 is 0. The van der Waals surface area contributed by atoms with Crippen LogP contribution in [0, 0.1) is 0 Å². The first-order chi connectivity index (χ1) is 11.1. The van der Waals surface area contributed by atoms with E-state index in [4.69, 9.17) is 0 Å². The number of carbonyl (C=O) groups is 2. The van der Waals surface area contributed by atoms with Crippen molar-refractivity contribution in [3.05, 3.63) is 59.7 Å². The standard InChI is InChI=1S/C19H20N2O2/c1-13(20-17-9-7-15(8-10-17)14(2)22)19(23)21-12-11-16-5-3-4-6-18(16)21/h3-10,13,20H,11-12H2,1-2H3. The van der Waals surface area contributed by atoms with Crippen molar-refractivity contribution in [3.63, 3.8) is 0 Å². The summed E-state index contributed by atoms with van der Waals surface area (Å²) in [5.74, 6) is 0.0972. The van der Waals surface area contributed by atoms with E-state index < -0.39 is 0 Å². The second-order valence-electron chi connectivity index (χ2n) is 5.87. The lowest BCUT2D eigenvalue weighted by molar-refractivity contribution is -0.118. The van der Waals surface area contributed by atoms with Crippen LogP contribution in [0.1, 0.15) is 29.8 Å². The highest BCUT2D eigenvalue weighted by atomic mass is 16.2. The van der Waals surface area contributed by atoms with E-state index in [2.05, 4.69) is 11.4 Å². The van der Waals surface area contributed by atoms with E-state index in [0.29, 0.717) is 5.56 Å². The monoisotopic (exact) mass is 308 g/mol. The molecule has 0 bridgehead atoms. The number of carbonyl (C=O) groups excluding carboxylic acids is 2. The molecule has 1 atom stereocenters. The average molecular weight is 308 g/mol. The normalized spacial score (nSPS) is 14.3. The van der Waals surface area contributed by atoms with Crippen LogP contribution < -0.4 is 10.2 Å². The molecule has 0 aliphatic carbocycles. The van der Waals surface area contributed by atoms with Crippen LogP contribution in [0.4, 0.5) is 11.4 Å². The van der Waals surface area contributed by atoms with Crippen molar-refractivity contribution >= 4 is 23.1 Å². The Balaban J connectivity index is 1.70. The number of anilines is 2. The van der Waals surface area contributed by atoms with Gasteiger partial charge in [-0.25, -0.2) is 0 Å². The van der Waals surface area contributed by atoms with Crippen LogP contribution in [0.25, 0.3) is 0 Å². The van der Waals surface area contributed by atoms with Crippen LogP contribution in [-0.2, 0) is 11.2 Å². The van der Waals surface area contributed by atoms with Crippen molar-refractivity contribution in [1.82, 2.24) is 0 Å². The molecule has 4 nitrogen and oxygen atoms in total. The third kappa shape index (κ3) is 3.11.